The van der Waals surface area contributed by atoms with E-state index in [0.717, 1.165) is 38.1 Å². The van der Waals surface area contributed by atoms with Crippen molar-refractivity contribution in [3.05, 3.63) is 36.4 Å². The molecule has 0 aliphatic carbocycles. The van der Waals surface area contributed by atoms with E-state index in [1.807, 2.05) is 0 Å². The lowest BCUT2D eigenvalue weighted by atomic mass is 9.99. The van der Waals surface area contributed by atoms with E-state index in [0.29, 0.717) is 0 Å². The van der Waals surface area contributed by atoms with Gasteiger partial charge < -0.3 is 74.4 Å². The molecule has 5 unspecified atom stereocenters. The molecule has 3 aromatic rings. The van der Waals surface area contributed by atoms with Crippen LogP contribution < -0.4 is 9.47 Å². The Labute approximate surface area is 276 Å². The second-order valence-corrected chi connectivity index (χ2v) is 11.4. The molecule has 0 radical (unpaired) electrons. The summed E-state index contributed by atoms with van der Waals surface area (Å²) in [4.78, 5) is 22.7. The summed E-state index contributed by atoms with van der Waals surface area (Å²) < 4.78 is 38.8. The number of aromatic hydroxyl groups is 3. The number of carbonyl (C=O) groups is 2. The fourth-order valence-electron chi connectivity index (χ4n) is 5.17. The van der Waals surface area contributed by atoms with Gasteiger partial charge in [-0.2, -0.15) is 0 Å². The summed E-state index contributed by atoms with van der Waals surface area (Å²) in [5.74, 6) is -3.54. The number of carbonyl (C=O) groups excluding carboxylic acids is 2. The highest BCUT2D eigenvalue weighted by atomic mass is 16.7. The standard InChI is InChI=1S/C31H34O18/c1-11(32)43-9-21-23(37)25(39)27(41)30(48-21)46-19-7-14(34)6-18-15(19)8-20(29(45-18)13-3-4-16(35)17(36)5-13)47-31-28(42)26(40)24(38)22(49-31)10-44-12(2)33/h3-8,21-28,30-31,37-42H,9-10H2,1-2H3,(H2-,34,35,36)/p+1/t21?,22?,23-,24-,25+,26?,27?,28?,30-,31-/m1/s1. The third kappa shape index (κ3) is 7.71. The van der Waals surface area contributed by atoms with E-state index >= 15 is 0 Å². The van der Waals surface area contributed by atoms with Crippen LogP contribution in [-0.4, -0.2) is 133 Å². The summed E-state index contributed by atoms with van der Waals surface area (Å²) >= 11 is 0. The fourth-order valence-corrected chi connectivity index (χ4v) is 5.17. The van der Waals surface area contributed by atoms with Gasteiger partial charge in [0.2, 0.25) is 18.3 Å². The SMILES string of the molecule is CC(=O)OCC1O[C@@H](Oc2cc3c(O[C@@H]4OC(COC(C)=O)[C@@H](O)[C@H](O)C4O)cc(O)cc3[o+]c2-c2ccc(O)c(O)c2)C(O)C(O)[C@@H]1O. The van der Waals surface area contributed by atoms with Crippen molar-refractivity contribution in [2.24, 2.45) is 0 Å². The summed E-state index contributed by atoms with van der Waals surface area (Å²) in [5, 5.41) is 93.8. The molecule has 2 saturated heterocycles. The minimum atomic E-state index is -1.87. The van der Waals surface area contributed by atoms with Crippen molar-refractivity contribution < 1.29 is 88.4 Å². The molecule has 5 rings (SSSR count). The van der Waals surface area contributed by atoms with Crippen LogP contribution in [0.15, 0.2) is 40.8 Å². The van der Waals surface area contributed by atoms with Crippen LogP contribution in [0.25, 0.3) is 22.3 Å². The molecule has 18 nitrogen and oxygen atoms in total. The second kappa shape index (κ2) is 14.5. The lowest BCUT2D eigenvalue weighted by Crippen LogP contribution is -2.60. The second-order valence-electron chi connectivity index (χ2n) is 11.4. The van der Waals surface area contributed by atoms with Gasteiger partial charge in [0.25, 0.3) is 0 Å². The van der Waals surface area contributed by atoms with Crippen molar-refractivity contribution >= 4 is 22.9 Å². The lowest BCUT2D eigenvalue weighted by molar-refractivity contribution is -0.278. The molecule has 266 valence electrons. The van der Waals surface area contributed by atoms with E-state index < -0.39 is 104 Å². The molecule has 0 spiro atoms. The predicted molar refractivity (Wildman–Crippen MR) is 159 cm³/mol. The quantitative estimate of drug-likeness (QED) is 0.0737. The third-order valence-electron chi connectivity index (χ3n) is 7.76. The van der Waals surface area contributed by atoms with Crippen molar-refractivity contribution in [1.29, 1.82) is 0 Å². The van der Waals surface area contributed by atoms with Crippen LogP contribution in [0.5, 0.6) is 28.7 Å². The van der Waals surface area contributed by atoms with Crippen LogP contribution in [-0.2, 0) is 28.5 Å². The summed E-state index contributed by atoms with van der Waals surface area (Å²) in [6, 6.07) is 7.09. The number of aliphatic hydroxyl groups excluding tert-OH is 6. The van der Waals surface area contributed by atoms with Gasteiger partial charge in [-0.1, -0.05) is 0 Å². The highest BCUT2D eigenvalue weighted by Gasteiger charge is 2.47. The Hall–Kier alpha value is -4.53. The molecule has 2 aliphatic heterocycles. The molecule has 3 heterocycles. The van der Waals surface area contributed by atoms with Crippen molar-refractivity contribution in [3.8, 4) is 40.1 Å². The normalized spacial score (nSPS) is 30.0. The number of phenolic OH excluding ortho intramolecular Hbond substituents is 3. The van der Waals surface area contributed by atoms with E-state index in [-0.39, 0.29) is 33.8 Å². The van der Waals surface area contributed by atoms with Gasteiger partial charge >= 0.3 is 23.3 Å². The first kappa shape index (κ1) is 35.8. The Morgan fingerprint density at radius 2 is 1.20 bits per heavy atom. The monoisotopic (exact) mass is 695 g/mol. The first-order valence-corrected chi connectivity index (χ1v) is 14.8. The molecule has 2 aliphatic rings. The number of esters is 2. The fraction of sp³-hybridized carbons (Fsp3) is 0.452. The van der Waals surface area contributed by atoms with Crippen LogP contribution in [0.1, 0.15) is 13.8 Å². The molecule has 49 heavy (non-hydrogen) atoms. The Kier molecular flexibility index (Phi) is 10.6. The highest BCUT2D eigenvalue weighted by molar-refractivity contribution is 5.89. The number of rotatable bonds is 9. The third-order valence-corrected chi connectivity index (χ3v) is 7.76. The van der Waals surface area contributed by atoms with Gasteiger partial charge in [-0.25, -0.2) is 4.42 Å². The minimum Gasteiger partial charge on any atom is -0.507 e. The molecule has 18 heteroatoms. The Morgan fingerprint density at radius 1 is 0.673 bits per heavy atom. The Bertz CT molecular complexity index is 1680. The number of aliphatic hydroxyl groups is 6. The summed E-state index contributed by atoms with van der Waals surface area (Å²) in [6.45, 7) is 1.22. The van der Waals surface area contributed by atoms with Crippen LogP contribution >= 0.6 is 0 Å². The van der Waals surface area contributed by atoms with Crippen LogP contribution in [0.2, 0.25) is 0 Å². The zero-order valence-corrected chi connectivity index (χ0v) is 25.9. The van der Waals surface area contributed by atoms with E-state index in [1.54, 1.807) is 0 Å². The number of fused-ring (bicyclic) bond motifs is 1. The van der Waals surface area contributed by atoms with Crippen molar-refractivity contribution in [2.75, 3.05) is 13.2 Å². The van der Waals surface area contributed by atoms with E-state index in [9.17, 15) is 55.5 Å². The maximum atomic E-state index is 11.4. The average Bonchev–Trinajstić information content (AvgIpc) is 3.05. The number of hydrogen-bond acceptors (Lipinski definition) is 17. The summed E-state index contributed by atoms with van der Waals surface area (Å²) in [5.41, 5.74) is -0.00243. The van der Waals surface area contributed by atoms with Crippen molar-refractivity contribution in [2.45, 2.75) is 75.3 Å². The molecular formula is C31H35O18+. The van der Waals surface area contributed by atoms with Gasteiger partial charge in [0.1, 0.15) is 78.9 Å². The number of hydrogen-bond donors (Lipinski definition) is 9. The molecular weight excluding hydrogens is 660 g/mol. The number of phenols is 3. The van der Waals surface area contributed by atoms with Crippen LogP contribution in [0.3, 0.4) is 0 Å². The molecule has 2 fully saturated rings. The van der Waals surface area contributed by atoms with Gasteiger partial charge in [-0.15, -0.1) is 0 Å². The van der Waals surface area contributed by atoms with Gasteiger partial charge in [-0.3, -0.25) is 9.59 Å². The summed E-state index contributed by atoms with van der Waals surface area (Å²) in [6.07, 6.45) is -16.9. The van der Waals surface area contributed by atoms with Crippen molar-refractivity contribution in [1.82, 2.24) is 0 Å². The Balaban J connectivity index is 1.56. The molecule has 0 bridgehead atoms. The molecule has 10 atom stereocenters. The van der Waals surface area contributed by atoms with Gasteiger partial charge in [-0.05, 0) is 12.1 Å². The zero-order valence-electron chi connectivity index (χ0n) is 25.9. The molecule has 9 N–H and O–H groups in total. The maximum absolute atomic E-state index is 11.4. The highest BCUT2D eigenvalue weighted by Crippen LogP contribution is 2.43. The largest absolute Gasteiger partial charge is 0.507 e. The zero-order chi connectivity index (χ0) is 35.7. The lowest BCUT2D eigenvalue weighted by Gasteiger charge is -2.40. The maximum Gasteiger partial charge on any atom is 0.402 e. The smallest absolute Gasteiger partial charge is 0.402 e. The number of benzene rings is 2. The van der Waals surface area contributed by atoms with E-state index in [1.165, 1.54) is 12.1 Å². The predicted octanol–water partition coefficient (Wildman–Crippen LogP) is -1.00. The minimum absolute atomic E-state index is 0.00911. The van der Waals surface area contributed by atoms with Crippen LogP contribution in [0, 0.1) is 0 Å². The van der Waals surface area contributed by atoms with Gasteiger partial charge in [0.05, 0.1) is 11.6 Å². The molecule has 2 aromatic carbocycles. The van der Waals surface area contributed by atoms with E-state index in [2.05, 4.69) is 0 Å². The van der Waals surface area contributed by atoms with Gasteiger partial charge in [0.15, 0.2) is 11.5 Å². The molecule has 0 amide bonds. The molecule has 1 aromatic heterocycles. The first-order valence-electron chi connectivity index (χ1n) is 14.8. The van der Waals surface area contributed by atoms with E-state index in [4.69, 9.17) is 32.8 Å². The van der Waals surface area contributed by atoms with Crippen LogP contribution in [0.4, 0.5) is 0 Å². The topological polar surface area (TPSA) is 283 Å². The Morgan fingerprint density at radius 3 is 1.71 bits per heavy atom. The summed E-state index contributed by atoms with van der Waals surface area (Å²) in [7, 11) is 0. The first-order chi connectivity index (χ1) is 23.1. The van der Waals surface area contributed by atoms with Gasteiger partial charge in [0, 0.05) is 32.0 Å². The van der Waals surface area contributed by atoms with Crippen molar-refractivity contribution in [3.63, 3.8) is 0 Å². The molecule has 0 saturated carbocycles. The number of ether oxygens (including phenoxy) is 6. The average molecular weight is 696 g/mol.